The molecule has 5 heteroatoms. The van der Waals surface area contributed by atoms with Crippen LogP contribution in [0.15, 0.2) is 22.7 Å². The van der Waals surface area contributed by atoms with Crippen LogP contribution < -0.4 is 10.5 Å². The zero-order valence-electron chi connectivity index (χ0n) is 11.0. The van der Waals surface area contributed by atoms with E-state index in [1.165, 1.54) is 0 Å². The first-order chi connectivity index (χ1) is 8.41. The van der Waals surface area contributed by atoms with Crippen molar-refractivity contribution in [2.45, 2.75) is 26.3 Å². The average molecular weight is 247 g/mol. The normalized spacial score (nSPS) is 11.6. The predicted octanol–water partition coefficient (Wildman–Crippen LogP) is 2.25. The number of hydrogen-bond acceptors (Lipinski definition) is 5. The first-order valence-corrected chi connectivity index (χ1v) is 5.70. The minimum atomic E-state index is -0.626. The van der Waals surface area contributed by atoms with E-state index in [1.807, 2.05) is 39.0 Å². The van der Waals surface area contributed by atoms with Gasteiger partial charge in [-0.05, 0) is 32.9 Å². The second kappa shape index (κ2) is 4.42. The number of aromatic nitrogens is 2. The van der Waals surface area contributed by atoms with Crippen LogP contribution in [0.5, 0.6) is 5.75 Å². The molecule has 0 saturated heterocycles. The van der Waals surface area contributed by atoms with Crippen LogP contribution in [0.4, 0.5) is 0 Å². The van der Waals surface area contributed by atoms with Crippen molar-refractivity contribution >= 4 is 0 Å². The summed E-state index contributed by atoms with van der Waals surface area (Å²) in [6.45, 7) is 5.65. The van der Waals surface area contributed by atoms with E-state index >= 15 is 0 Å². The number of methoxy groups -OCH3 is 1. The van der Waals surface area contributed by atoms with Crippen LogP contribution in [-0.2, 0) is 5.54 Å². The molecule has 0 saturated carbocycles. The van der Waals surface area contributed by atoms with E-state index in [-0.39, 0.29) is 0 Å². The third-order valence-electron chi connectivity index (χ3n) is 2.59. The Morgan fingerprint density at radius 3 is 2.61 bits per heavy atom. The molecule has 18 heavy (non-hydrogen) atoms. The lowest BCUT2D eigenvalue weighted by Crippen LogP contribution is -2.30. The van der Waals surface area contributed by atoms with E-state index in [2.05, 4.69) is 10.1 Å². The molecule has 0 amide bonds. The number of nitrogens with zero attached hydrogens (tertiary/aromatic N) is 2. The molecular weight excluding hydrogens is 230 g/mol. The van der Waals surface area contributed by atoms with Gasteiger partial charge in [0, 0.05) is 0 Å². The van der Waals surface area contributed by atoms with E-state index in [1.54, 1.807) is 7.11 Å². The Bertz CT molecular complexity index is 556. The molecule has 0 atom stereocenters. The SMILES string of the molecule is COc1ccc(C)cc1-c1nc(C(C)(C)N)no1. The van der Waals surface area contributed by atoms with Gasteiger partial charge in [0.1, 0.15) is 5.75 Å². The third-order valence-corrected chi connectivity index (χ3v) is 2.59. The van der Waals surface area contributed by atoms with Crippen molar-refractivity contribution in [1.29, 1.82) is 0 Å². The Hall–Kier alpha value is -1.88. The maximum absolute atomic E-state index is 5.93. The highest BCUT2D eigenvalue weighted by Crippen LogP contribution is 2.30. The van der Waals surface area contributed by atoms with Crippen LogP contribution in [0.3, 0.4) is 0 Å². The molecule has 2 N–H and O–H groups in total. The van der Waals surface area contributed by atoms with Crippen molar-refractivity contribution < 1.29 is 9.26 Å². The highest BCUT2D eigenvalue weighted by Gasteiger charge is 2.23. The number of rotatable bonds is 3. The Labute approximate surface area is 106 Å². The minimum Gasteiger partial charge on any atom is -0.496 e. The fourth-order valence-electron chi connectivity index (χ4n) is 1.58. The smallest absolute Gasteiger partial charge is 0.261 e. The lowest BCUT2D eigenvalue weighted by atomic mass is 10.1. The first kappa shape index (κ1) is 12.6. The summed E-state index contributed by atoms with van der Waals surface area (Å²) in [7, 11) is 1.61. The average Bonchev–Trinajstić information content (AvgIpc) is 2.77. The van der Waals surface area contributed by atoms with Gasteiger partial charge in [-0.1, -0.05) is 16.8 Å². The van der Waals surface area contributed by atoms with Crippen LogP contribution in [0, 0.1) is 6.92 Å². The molecule has 1 aromatic heterocycles. The van der Waals surface area contributed by atoms with Crippen LogP contribution in [0.1, 0.15) is 25.2 Å². The second-order valence-corrected chi connectivity index (χ2v) is 4.85. The van der Waals surface area contributed by atoms with Gasteiger partial charge >= 0.3 is 0 Å². The zero-order valence-corrected chi connectivity index (χ0v) is 11.0. The Balaban J connectivity index is 2.49. The van der Waals surface area contributed by atoms with Crippen LogP contribution in [0.2, 0.25) is 0 Å². The van der Waals surface area contributed by atoms with Gasteiger partial charge < -0.3 is 15.0 Å². The summed E-state index contributed by atoms with van der Waals surface area (Å²) < 4.78 is 10.5. The van der Waals surface area contributed by atoms with E-state index < -0.39 is 5.54 Å². The summed E-state index contributed by atoms with van der Waals surface area (Å²) in [5, 5.41) is 3.90. The van der Waals surface area contributed by atoms with Crippen LogP contribution in [-0.4, -0.2) is 17.3 Å². The molecule has 2 rings (SSSR count). The molecule has 1 aromatic carbocycles. The van der Waals surface area contributed by atoms with Gasteiger partial charge in [0.15, 0.2) is 5.82 Å². The summed E-state index contributed by atoms with van der Waals surface area (Å²) in [5.74, 6) is 1.59. The topological polar surface area (TPSA) is 74.2 Å². The van der Waals surface area contributed by atoms with E-state index in [0.29, 0.717) is 17.5 Å². The number of hydrogen-bond donors (Lipinski definition) is 1. The van der Waals surface area contributed by atoms with Crippen LogP contribution in [0.25, 0.3) is 11.5 Å². The number of ether oxygens (including phenoxy) is 1. The molecule has 5 nitrogen and oxygen atoms in total. The van der Waals surface area contributed by atoms with Crippen LogP contribution >= 0.6 is 0 Å². The van der Waals surface area contributed by atoms with Gasteiger partial charge in [-0.15, -0.1) is 0 Å². The molecule has 2 aromatic rings. The maximum Gasteiger partial charge on any atom is 0.261 e. The zero-order chi connectivity index (χ0) is 13.3. The minimum absolute atomic E-state index is 0.420. The molecule has 0 fully saturated rings. The molecule has 96 valence electrons. The van der Waals surface area contributed by atoms with Crippen molar-refractivity contribution in [3.05, 3.63) is 29.6 Å². The molecule has 0 aliphatic carbocycles. The van der Waals surface area contributed by atoms with Crippen molar-refractivity contribution in [2.75, 3.05) is 7.11 Å². The Morgan fingerprint density at radius 2 is 2.06 bits per heavy atom. The number of benzene rings is 1. The quantitative estimate of drug-likeness (QED) is 0.900. The second-order valence-electron chi connectivity index (χ2n) is 4.85. The molecule has 1 heterocycles. The molecule has 0 aliphatic heterocycles. The fourth-order valence-corrected chi connectivity index (χ4v) is 1.58. The molecule has 0 spiro atoms. The van der Waals surface area contributed by atoms with Gasteiger partial charge in [0.05, 0.1) is 18.2 Å². The molecule has 0 bridgehead atoms. The highest BCUT2D eigenvalue weighted by molar-refractivity contribution is 5.63. The monoisotopic (exact) mass is 247 g/mol. The predicted molar refractivity (Wildman–Crippen MR) is 68.2 cm³/mol. The Kier molecular flexibility index (Phi) is 3.09. The molecule has 0 radical (unpaired) electrons. The van der Waals surface area contributed by atoms with Gasteiger partial charge in [-0.2, -0.15) is 4.98 Å². The molecular formula is C13H17N3O2. The van der Waals surface area contributed by atoms with E-state index in [0.717, 1.165) is 11.1 Å². The van der Waals surface area contributed by atoms with Gasteiger partial charge in [-0.3, -0.25) is 0 Å². The van der Waals surface area contributed by atoms with Gasteiger partial charge in [0.2, 0.25) is 0 Å². The van der Waals surface area contributed by atoms with Gasteiger partial charge in [-0.25, -0.2) is 0 Å². The van der Waals surface area contributed by atoms with Gasteiger partial charge in [0.25, 0.3) is 5.89 Å². The summed E-state index contributed by atoms with van der Waals surface area (Å²) in [5.41, 5.74) is 7.18. The van der Waals surface area contributed by atoms with E-state index in [9.17, 15) is 0 Å². The first-order valence-electron chi connectivity index (χ1n) is 5.70. The van der Waals surface area contributed by atoms with Crippen molar-refractivity contribution in [2.24, 2.45) is 5.73 Å². The third kappa shape index (κ3) is 2.36. The number of nitrogens with two attached hydrogens (primary N) is 1. The fraction of sp³-hybridized carbons (Fsp3) is 0.385. The summed E-state index contributed by atoms with van der Waals surface area (Å²) in [6, 6.07) is 5.79. The highest BCUT2D eigenvalue weighted by atomic mass is 16.5. The maximum atomic E-state index is 5.93. The lowest BCUT2D eigenvalue weighted by Gasteiger charge is -2.11. The van der Waals surface area contributed by atoms with Crippen molar-refractivity contribution in [3.8, 4) is 17.2 Å². The lowest BCUT2D eigenvalue weighted by molar-refractivity contribution is 0.390. The molecule has 0 aliphatic rings. The summed E-state index contributed by atoms with van der Waals surface area (Å²) >= 11 is 0. The number of aryl methyl sites for hydroxylation is 1. The van der Waals surface area contributed by atoms with E-state index in [4.69, 9.17) is 15.0 Å². The largest absolute Gasteiger partial charge is 0.496 e. The standard InChI is InChI=1S/C13H17N3O2/c1-8-5-6-10(17-4)9(7-8)11-15-12(16-18-11)13(2,3)14/h5-7H,14H2,1-4H3. The summed E-state index contributed by atoms with van der Waals surface area (Å²) in [4.78, 5) is 4.32. The van der Waals surface area contributed by atoms with Crippen molar-refractivity contribution in [3.63, 3.8) is 0 Å². The van der Waals surface area contributed by atoms with Crippen molar-refractivity contribution in [1.82, 2.24) is 10.1 Å². The molecule has 0 unspecified atom stereocenters. The summed E-state index contributed by atoms with van der Waals surface area (Å²) in [6.07, 6.45) is 0. The Morgan fingerprint density at radius 1 is 1.33 bits per heavy atom.